The molecule has 0 unspecified atom stereocenters. The minimum atomic E-state index is 0.464. The molecule has 2 aromatic heterocycles. The minimum Gasteiger partial charge on any atom is -0.222 e. The number of rotatable bonds is 2. The molecule has 2 heterocycles. The van der Waals surface area contributed by atoms with E-state index in [9.17, 15) is 0 Å². The van der Waals surface area contributed by atoms with Crippen molar-refractivity contribution < 1.29 is 0 Å². The first-order valence-corrected chi connectivity index (χ1v) is 5.79. The molecule has 0 fully saturated rings. The molecule has 0 aliphatic heterocycles. The molecule has 0 bridgehead atoms. The van der Waals surface area contributed by atoms with E-state index in [1.165, 1.54) is 11.8 Å². The van der Waals surface area contributed by atoms with Crippen LogP contribution in [0.1, 0.15) is 0 Å². The van der Waals surface area contributed by atoms with Gasteiger partial charge in [-0.25, -0.2) is 9.97 Å². The van der Waals surface area contributed by atoms with Crippen molar-refractivity contribution in [3.8, 4) is 0 Å². The Hall–Kier alpha value is -0.255. The van der Waals surface area contributed by atoms with Crippen molar-refractivity contribution >= 4 is 52.8 Å². The highest BCUT2D eigenvalue weighted by molar-refractivity contribution is 8.00. The van der Waals surface area contributed by atoms with Gasteiger partial charge in [-0.15, -0.1) is 11.3 Å². The van der Waals surface area contributed by atoms with E-state index in [0.29, 0.717) is 16.0 Å². The Morgan fingerprint density at radius 1 is 1.54 bits per heavy atom. The van der Waals surface area contributed by atoms with Crippen LogP contribution in [0.2, 0.25) is 5.15 Å². The largest absolute Gasteiger partial charge is 0.222 e. The van der Waals surface area contributed by atoms with Crippen LogP contribution in [0.15, 0.2) is 16.6 Å². The molecule has 0 spiro atoms. The number of hydrogen-bond acceptors (Lipinski definition) is 4. The van der Waals surface area contributed by atoms with Crippen molar-refractivity contribution in [3.63, 3.8) is 0 Å². The molecule has 0 N–H and O–H groups in total. The Labute approximate surface area is 90.1 Å². The molecular weight excluding hydrogens is 222 g/mol. The summed E-state index contributed by atoms with van der Waals surface area (Å²) >= 11 is 8.87. The van der Waals surface area contributed by atoms with E-state index in [0.717, 1.165) is 10.2 Å². The van der Waals surface area contributed by atoms with Crippen LogP contribution >= 0.6 is 34.7 Å². The van der Waals surface area contributed by atoms with E-state index in [1.54, 1.807) is 11.3 Å². The average Bonchev–Trinajstić information content (AvgIpc) is 2.53. The van der Waals surface area contributed by atoms with Crippen molar-refractivity contribution in [2.24, 2.45) is 0 Å². The SMILES string of the molecule is [B]CSc1nc(Cl)c2sccc2n1. The highest BCUT2D eigenvalue weighted by atomic mass is 35.5. The maximum atomic E-state index is 5.94. The van der Waals surface area contributed by atoms with Gasteiger partial charge in [-0.3, -0.25) is 0 Å². The molecule has 0 saturated heterocycles. The summed E-state index contributed by atoms with van der Waals surface area (Å²) in [4.78, 5) is 8.39. The van der Waals surface area contributed by atoms with Crippen LogP contribution in [0.3, 0.4) is 0 Å². The number of halogens is 1. The highest BCUT2D eigenvalue weighted by Crippen LogP contribution is 2.27. The third-order valence-corrected chi connectivity index (χ3v) is 3.36. The lowest BCUT2D eigenvalue weighted by Crippen LogP contribution is -1.88. The third-order valence-electron chi connectivity index (χ3n) is 1.45. The van der Waals surface area contributed by atoms with Crippen LogP contribution in [0, 0.1) is 0 Å². The highest BCUT2D eigenvalue weighted by Gasteiger charge is 2.06. The summed E-state index contributed by atoms with van der Waals surface area (Å²) in [5.41, 5.74) is 1.35. The minimum absolute atomic E-state index is 0.464. The van der Waals surface area contributed by atoms with Crippen molar-refractivity contribution in [2.45, 2.75) is 5.16 Å². The van der Waals surface area contributed by atoms with Crippen LogP contribution in [-0.2, 0) is 0 Å². The number of fused-ring (bicyclic) bond motifs is 1. The normalized spacial score (nSPS) is 10.8. The Morgan fingerprint density at radius 2 is 2.38 bits per heavy atom. The second-order valence-corrected chi connectivity index (χ2v) is 4.50. The molecule has 0 aliphatic carbocycles. The van der Waals surface area contributed by atoms with Crippen molar-refractivity contribution in [2.75, 3.05) is 5.65 Å². The Kier molecular flexibility index (Phi) is 2.76. The van der Waals surface area contributed by atoms with Crippen molar-refractivity contribution in [1.29, 1.82) is 0 Å². The number of aromatic nitrogens is 2. The predicted molar refractivity (Wildman–Crippen MR) is 58.9 cm³/mol. The fourth-order valence-electron chi connectivity index (χ4n) is 0.947. The average molecular weight is 227 g/mol. The van der Waals surface area contributed by atoms with Gasteiger partial charge in [0.2, 0.25) is 0 Å². The smallest absolute Gasteiger partial charge is 0.188 e. The molecule has 2 nitrogen and oxygen atoms in total. The van der Waals surface area contributed by atoms with E-state index in [1.807, 2.05) is 11.4 Å². The monoisotopic (exact) mass is 226 g/mol. The van der Waals surface area contributed by atoms with Crippen molar-refractivity contribution in [3.05, 3.63) is 16.6 Å². The molecule has 13 heavy (non-hydrogen) atoms. The number of nitrogens with zero attached hydrogens (tertiary/aromatic N) is 2. The molecule has 2 radical (unpaired) electrons. The van der Waals surface area contributed by atoms with Crippen LogP contribution in [0.4, 0.5) is 0 Å². The molecule has 2 rings (SSSR count). The number of thiophene rings is 1. The quantitative estimate of drug-likeness (QED) is 0.341. The van der Waals surface area contributed by atoms with E-state index < -0.39 is 0 Å². The zero-order valence-electron chi connectivity index (χ0n) is 6.53. The van der Waals surface area contributed by atoms with Gasteiger partial charge in [0.05, 0.1) is 18.1 Å². The van der Waals surface area contributed by atoms with E-state index in [2.05, 4.69) is 9.97 Å². The number of hydrogen-bond donors (Lipinski definition) is 0. The van der Waals surface area contributed by atoms with E-state index in [4.69, 9.17) is 19.4 Å². The molecule has 0 saturated carbocycles. The molecule has 64 valence electrons. The predicted octanol–water partition coefficient (Wildman–Crippen LogP) is 2.56. The Bertz CT molecular complexity index is 431. The topological polar surface area (TPSA) is 25.8 Å². The Balaban J connectivity index is 2.56. The summed E-state index contributed by atoms with van der Waals surface area (Å²) in [5.74, 6) is 0. The zero-order chi connectivity index (χ0) is 9.26. The summed E-state index contributed by atoms with van der Waals surface area (Å²) < 4.78 is 0.933. The van der Waals surface area contributed by atoms with Crippen LogP contribution in [0.5, 0.6) is 0 Å². The maximum Gasteiger partial charge on any atom is 0.188 e. The van der Waals surface area contributed by atoms with Gasteiger partial charge in [0.15, 0.2) is 10.3 Å². The van der Waals surface area contributed by atoms with Crippen molar-refractivity contribution in [1.82, 2.24) is 9.97 Å². The summed E-state index contributed by atoms with van der Waals surface area (Å²) in [5, 5.41) is 3.09. The third kappa shape index (κ3) is 1.82. The van der Waals surface area contributed by atoms with Crippen LogP contribution in [-0.4, -0.2) is 23.5 Å². The molecule has 2 aromatic rings. The summed E-state index contributed by atoms with van der Waals surface area (Å²) in [6.07, 6.45) is 0. The Morgan fingerprint density at radius 3 is 3.15 bits per heavy atom. The lowest BCUT2D eigenvalue weighted by Gasteiger charge is -1.98. The van der Waals surface area contributed by atoms with Gasteiger partial charge in [0.1, 0.15) is 0 Å². The van der Waals surface area contributed by atoms with Gasteiger partial charge in [0, 0.05) is 0 Å². The van der Waals surface area contributed by atoms with E-state index >= 15 is 0 Å². The molecule has 0 atom stereocenters. The molecule has 6 heteroatoms. The lowest BCUT2D eigenvalue weighted by atomic mass is 10.2. The van der Waals surface area contributed by atoms with Gasteiger partial charge in [-0.1, -0.05) is 23.4 Å². The first kappa shape index (κ1) is 9.31. The molecule has 0 aromatic carbocycles. The summed E-state index contributed by atoms with van der Waals surface area (Å²) in [6.45, 7) is 0. The standard InChI is InChI=1S/C7H4BClN2S2/c8-3-13-7-10-4-1-2-12-5(4)6(9)11-7/h1-2H,3H2. The van der Waals surface area contributed by atoms with Crippen LogP contribution < -0.4 is 0 Å². The lowest BCUT2D eigenvalue weighted by molar-refractivity contribution is 1.01. The van der Waals surface area contributed by atoms with Gasteiger partial charge in [-0.05, 0) is 17.1 Å². The van der Waals surface area contributed by atoms with E-state index in [-0.39, 0.29) is 0 Å². The molecule has 0 amide bonds. The first-order chi connectivity index (χ1) is 6.31. The fourth-order valence-corrected chi connectivity index (χ4v) is 2.49. The molecular formula is C7H4BClN2S2. The zero-order valence-corrected chi connectivity index (χ0v) is 8.92. The summed E-state index contributed by atoms with van der Waals surface area (Å²) in [7, 11) is 5.37. The maximum absolute atomic E-state index is 5.94. The second kappa shape index (κ2) is 3.86. The number of thioether (sulfide) groups is 1. The summed E-state index contributed by atoms with van der Waals surface area (Å²) in [6, 6.07) is 1.92. The fraction of sp³-hybridized carbons (Fsp3) is 0.143. The second-order valence-electron chi connectivity index (χ2n) is 2.24. The van der Waals surface area contributed by atoms with Crippen LogP contribution in [0.25, 0.3) is 10.2 Å². The van der Waals surface area contributed by atoms with Gasteiger partial charge >= 0.3 is 0 Å². The molecule has 0 aliphatic rings. The first-order valence-electron chi connectivity index (χ1n) is 3.55. The van der Waals surface area contributed by atoms with Gasteiger partial charge in [-0.2, -0.15) is 0 Å². The van der Waals surface area contributed by atoms with Gasteiger partial charge in [0.25, 0.3) is 0 Å². The van der Waals surface area contributed by atoms with Gasteiger partial charge < -0.3 is 0 Å².